The van der Waals surface area contributed by atoms with Gasteiger partial charge in [0, 0.05) is 42.1 Å². The Bertz CT molecular complexity index is 708. The zero-order valence-corrected chi connectivity index (χ0v) is 15.5. The van der Waals surface area contributed by atoms with Crippen molar-refractivity contribution in [2.75, 3.05) is 26.2 Å². The molecule has 1 aromatic heterocycles. The lowest BCUT2D eigenvalue weighted by Crippen LogP contribution is -2.48. The van der Waals surface area contributed by atoms with Crippen molar-refractivity contribution in [1.82, 2.24) is 20.0 Å². The standard InChI is InChI=1S/C17H21BrN4O2/c1-12(2)16-20-19-15(24-16)11-21-6-8-22(9-7-21)17(23)13-4-3-5-14(18)10-13/h3-5,10,12H,6-9,11H2,1-2H3. The molecule has 0 aliphatic carbocycles. The Hall–Kier alpha value is -1.73. The molecule has 1 saturated heterocycles. The van der Waals surface area contributed by atoms with Crippen molar-refractivity contribution in [2.24, 2.45) is 0 Å². The molecule has 128 valence electrons. The summed E-state index contributed by atoms with van der Waals surface area (Å²) in [6.07, 6.45) is 0. The maximum absolute atomic E-state index is 12.5. The molecule has 0 unspecified atom stereocenters. The SMILES string of the molecule is CC(C)c1nnc(CN2CCN(C(=O)c3cccc(Br)c3)CC2)o1. The molecule has 1 aliphatic heterocycles. The first-order valence-corrected chi connectivity index (χ1v) is 8.91. The van der Waals surface area contributed by atoms with Gasteiger partial charge < -0.3 is 9.32 Å². The van der Waals surface area contributed by atoms with E-state index in [0.717, 1.165) is 23.1 Å². The van der Waals surface area contributed by atoms with Gasteiger partial charge in [0.1, 0.15) is 0 Å². The van der Waals surface area contributed by atoms with Gasteiger partial charge in [-0.15, -0.1) is 10.2 Å². The lowest BCUT2D eigenvalue weighted by Gasteiger charge is -2.34. The van der Waals surface area contributed by atoms with Crippen LogP contribution in [0.15, 0.2) is 33.2 Å². The highest BCUT2D eigenvalue weighted by atomic mass is 79.9. The van der Waals surface area contributed by atoms with Crippen molar-refractivity contribution in [3.8, 4) is 0 Å². The van der Waals surface area contributed by atoms with E-state index in [1.54, 1.807) is 0 Å². The number of nitrogens with zero attached hydrogens (tertiary/aromatic N) is 4. The first-order valence-electron chi connectivity index (χ1n) is 8.12. The molecular formula is C17H21BrN4O2. The van der Waals surface area contributed by atoms with Crippen LogP contribution in [0.4, 0.5) is 0 Å². The van der Waals surface area contributed by atoms with E-state index in [0.29, 0.717) is 31.4 Å². The summed E-state index contributed by atoms with van der Waals surface area (Å²) in [5.41, 5.74) is 0.719. The smallest absolute Gasteiger partial charge is 0.253 e. The first kappa shape index (κ1) is 17.1. The molecule has 0 bridgehead atoms. The third kappa shape index (κ3) is 4.02. The fourth-order valence-electron chi connectivity index (χ4n) is 2.67. The number of carbonyl (C=O) groups excluding carboxylic acids is 1. The summed E-state index contributed by atoms with van der Waals surface area (Å²) in [6, 6.07) is 7.52. The van der Waals surface area contributed by atoms with E-state index in [9.17, 15) is 4.79 Å². The fraction of sp³-hybridized carbons (Fsp3) is 0.471. The largest absolute Gasteiger partial charge is 0.424 e. The van der Waals surface area contributed by atoms with Gasteiger partial charge in [0.25, 0.3) is 5.91 Å². The molecule has 0 spiro atoms. The van der Waals surface area contributed by atoms with Gasteiger partial charge in [-0.25, -0.2) is 0 Å². The Morgan fingerprint density at radius 1 is 1.25 bits per heavy atom. The number of rotatable bonds is 4. The minimum Gasteiger partial charge on any atom is -0.424 e. The summed E-state index contributed by atoms with van der Waals surface area (Å²) in [6.45, 7) is 7.72. The van der Waals surface area contributed by atoms with Crippen molar-refractivity contribution in [1.29, 1.82) is 0 Å². The van der Waals surface area contributed by atoms with Gasteiger partial charge in [0.2, 0.25) is 11.8 Å². The molecule has 0 radical (unpaired) electrons. The van der Waals surface area contributed by atoms with E-state index in [2.05, 4.69) is 31.0 Å². The minimum atomic E-state index is 0.0795. The molecule has 1 aromatic carbocycles. The van der Waals surface area contributed by atoms with E-state index < -0.39 is 0 Å². The van der Waals surface area contributed by atoms with E-state index in [-0.39, 0.29) is 11.8 Å². The van der Waals surface area contributed by atoms with Crippen molar-refractivity contribution in [3.63, 3.8) is 0 Å². The zero-order chi connectivity index (χ0) is 17.1. The molecule has 24 heavy (non-hydrogen) atoms. The zero-order valence-electron chi connectivity index (χ0n) is 13.9. The van der Waals surface area contributed by atoms with Crippen molar-refractivity contribution < 1.29 is 9.21 Å². The van der Waals surface area contributed by atoms with Gasteiger partial charge in [-0.05, 0) is 18.2 Å². The first-order chi connectivity index (χ1) is 11.5. The normalized spacial score (nSPS) is 15.9. The van der Waals surface area contributed by atoms with Crippen LogP contribution in [0.3, 0.4) is 0 Å². The second-order valence-corrected chi connectivity index (χ2v) is 7.18. The molecule has 1 fully saturated rings. The lowest BCUT2D eigenvalue weighted by atomic mass is 10.2. The molecule has 2 heterocycles. The molecule has 2 aromatic rings. The Labute approximate surface area is 150 Å². The second kappa shape index (κ2) is 7.44. The number of aromatic nitrogens is 2. The predicted molar refractivity (Wildman–Crippen MR) is 93.7 cm³/mol. The van der Waals surface area contributed by atoms with Crippen LogP contribution in [0.25, 0.3) is 0 Å². The van der Waals surface area contributed by atoms with Crippen LogP contribution in [0.2, 0.25) is 0 Å². The van der Waals surface area contributed by atoms with E-state index in [1.807, 2.05) is 43.0 Å². The molecule has 1 amide bonds. The van der Waals surface area contributed by atoms with Gasteiger partial charge in [0.15, 0.2) is 0 Å². The quantitative estimate of drug-likeness (QED) is 0.800. The van der Waals surface area contributed by atoms with Gasteiger partial charge in [-0.2, -0.15) is 0 Å². The number of benzene rings is 1. The van der Waals surface area contributed by atoms with Gasteiger partial charge in [-0.1, -0.05) is 35.8 Å². The van der Waals surface area contributed by atoms with Crippen LogP contribution < -0.4 is 0 Å². The Morgan fingerprint density at radius 2 is 2.00 bits per heavy atom. The number of amides is 1. The number of hydrogen-bond acceptors (Lipinski definition) is 5. The van der Waals surface area contributed by atoms with E-state index in [4.69, 9.17) is 4.42 Å². The summed E-state index contributed by atoms with van der Waals surface area (Å²) in [5, 5.41) is 8.16. The summed E-state index contributed by atoms with van der Waals surface area (Å²) >= 11 is 3.41. The second-order valence-electron chi connectivity index (χ2n) is 6.27. The van der Waals surface area contributed by atoms with Crippen molar-refractivity contribution >= 4 is 21.8 Å². The maximum atomic E-state index is 12.5. The van der Waals surface area contributed by atoms with Crippen LogP contribution in [0.5, 0.6) is 0 Å². The van der Waals surface area contributed by atoms with Gasteiger partial charge in [-0.3, -0.25) is 9.69 Å². The summed E-state index contributed by atoms with van der Waals surface area (Å²) in [5.74, 6) is 1.64. The summed E-state index contributed by atoms with van der Waals surface area (Å²) in [7, 11) is 0. The minimum absolute atomic E-state index is 0.0795. The average Bonchev–Trinajstić information content (AvgIpc) is 3.04. The van der Waals surface area contributed by atoms with Gasteiger partial charge >= 0.3 is 0 Å². The topological polar surface area (TPSA) is 62.5 Å². The highest BCUT2D eigenvalue weighted by Gasteiger charge is 2.23. The average molecular weight is 393 g/mol. The summed E-state index contributed by atoms with van der Waals surface area (Å²) in [4.78, 5) is 16.7. The number of hydrogen-bond donors (Lipinski definition) is 0. The van der Waals surface area contributed by atoms with Crippen LogP contribution in [0, 0.1) is 0 Å². The molecular weight excluding hydrogens is 372 g/mol. The summed E-state index contributed by atoms with van der Waals surface area (Å²) < 4.78 is 6.58. The molecule has 0 N–H and O–H groups in total. The highest BCUT2D eigenvalue weighted by molar-refractivity contribution is 9.10. The van der Waals surface area contributed by atoms with Gasteiger partial charge in [0.05, 0.1) is 6.54 Å². The van der Waals surface area contributed by atoms with Crippen LogP contribution in [-0.2, 0) is 6.54 Å². The van der Waals surface area contributed by atoms with Crippen molar-refractivity contribution in [2.45, 2.75) is 26.3 Å². The van der Waals surface area contributed by atoms with Crippen LogP contribution in [0.1, 0.15) is 41.9 Å². The molecule has 0 saturated carbocycles. The maximum Gasteiger partial charge on any atom is 0.253 e. The van der Waals surface area contributed by atoms with E-state index >= 15 is 0 Å². The number of carbonyl (C=O) groups is 1. The lowest BCUT2D eigenvalue weighted by molar-refractivity contribution is 0.0617. The third-order valence-corrected chi connectivity index (χ3v) is 4.56. The molecule has 3 rings (SSSR count). The Kier molecular flexibility index (Phi) is 5.30. The van der Waals surface area contributed by atoms with Crippen LogP contribution in [-0.4, -0.2) is 52.1 Å². The fourth-order valence-corrected chi connectivity index (χ4v) is 3.07. The molecule has 6 nitrogen and oxygen atoms in total. The molecule has 7 heteroatoms. The number of halogens is 1. The highest BCUT2D eigenvalue weighted by Crippen LogP contribution is 2.16. The number of piperazine rings is 1. The molecule has 1 aliphatic rings. The Balaban J connectivity index is 1.54. The third-order valence-electron chi connectivity index (χ3n) is 4.07. The van der Waals surface area contributed by atoms with Crippen molar-refractivity contribution in [3.05, 3.63) is 46.1 Å². The monoisotopic (exact) mass is 392 g/mol. The van der Waals surface area contributed by atoms with Crippen LogP contribution >= 0.6 is 15.9 Å². The Morgan fingerprint density at radius 3 is 2.62 bits per heavy atom. The molecule has 0 atom stereocenters. The predicted octanol–water partition coefficient (Wildman–Crippen LogP) is 2.91. The van der Waals surface area contributed by atoms with E-state index in [1.165, 1.54) is 0 Å².